The van der Waals surface area contributed by atoms with Crippen LogP contribution in [0.5, 0.6) is 0 Å². The van der Waals surface area contributed by atoms with E-state index in [4.69, 9.17) is 0 Å². The third-order valence-electron chi connectivity index (χ3n) is 4.86. The fraction of sp³-hybridized carbons (Fsp3) is 0.0833. The molecule has 4 rings (SSSR count). The van der Waals surface area contributed by atoms with E-state index in [9.17, 15) is 22.4 Å². The maximum atomic E-state index is 14.0. The molecule has 1 aromatic heterocycles. The number of amides is 1. The van der Waals surface area contributed by atoms with Gasteiger partial charge in [0, 0.05) is 23.9 Å². The zero-order chi connectivity index (χ0) is 22.7. The average molecular weight is 439 g/mol. The SMILES string of the molecule is O=C(NCc1cn(Cc2ccccc2)nc1-c1ccccc1)c1cc(F)c(F)c(F)c1F. The molecule has 0 aliphatic carbocycles. The first kappa shape index (κ1) is 21.3. The summed E-state index contributed by atoms with van der Waals surface area (Å²) in [5.74, 6) is -8.46. The van der Waals surface area contributed by atoms with Crippen LogP contribution in [0.3, 0.4) is 0 Å². The molecule has 32 heavy (non-hydrogen) atoms. The lowest BCUT2D eigenvalue weighted by Gasteiger charge is -2.08. The fourth-order valence-electron chi connectivity index (χ4n) is 3.29. The van der Waals surface area contributed by atoms with Gasteiger partial charge in [-0.2, -0.15) is 5.10 Å². The first-order chi connectivity index (χ1) is 15.4. The Morgan fingerprint density at radius 3 is 2.22 bits per heavy atom. The van der Waals surface area contributed by atoms with Crippen LogP contribution in [0, 0.1) is 23.3 Å². The van der Waals surface area contributed by atoms with Gasteiger partial charge < -0.3 is 5.32 Å². The van der Waals surface area contributed by atoms with E-state index in [1.54, 1.807) is 10.9 Å². The fourth-order valence-corrected chi connectivity index (χ4v) is 3.29. The van der Waals surface area contributed by atoms with E-state index >= 15 is 0 Å². The molecule has 0 fully saturated rings. The van der Waals surface area contributed by atoms with Gasteiger partial charge in [0.05, 0.1) is 17.8 Å². The molecule has 4 nitrogen and oxygen atoms in total. The maximum Gasteiger partial charge on any atom is 0.254 e. The number of hydrogen-bond donors (Lipinski definition) is 1. The summed E-state index contributed by atoms with van der Waals surface area (Å²) in [6.07, 6.45) is 1.73. The molecule has 1 N–H and O–H groups in total. The molecule has 0 atom stereocenters. The Balaban J connectivity index is 1.61. The van der Waals surface area contributed by atoms with Crippen LogP contribution in [0.25, 0.3) is 11.3 Å². The third-order valence-corrected chi connectivity index (χ3v) is 4.86. The van der Waals surface area contributed by atoms with Crippen molar-refractivity contribution in [2.75, 3.05) is 0 Å². The molecule has 3 aromatic carbocycles. The quantitative estimate of drug-likeness (QED) is 0.259. The molecule has 1 amide bonds. The van der Waals surface area contributed by atoms with E-state index in [0.29, 0.717) is 23.9 Å². The Morgan fingerprint density at radius 2 is 1.53 bits per heavy atom. The summed E-state index contributed by atoms with van der Waals surface area (Å²) in [4.78, 5) is 12.4. The molecule has 0 saturated heterocycles. The highest BCUT2D eigenvalue weighted by atomic mass is 19.2. The predicted molar refractivity (Wildman–Crippen MR) is 111 cm³/mol. The zero-order valence-corrected chi connectivity index (χ0v) is 16.7. The van der Waals surface area contributed by atoms with Crippen LogP contribution >= 0.6 is 0 Å². The topological polar surface area (TPSA) is 46.9 Å². The van der Waals surface area contributed by atoms with Gasteiger partial charge in [0.1, 0.15) is 0 Å². The average Bonchev–Trinajstić information content (AvgIpc) is 3.22. The second-order valence-electron chi connectivity index (χ2n) is 7.08. The largest absolute Gasteiger partial charge is 0.348 e. The van der Waals surface area contributed by atoms with Gasteiger partial charge >= 0.3 is 0 Å². The Morgan fingerprint density at radius 1 is 0.875 bits per heavy atom. The summed E-state index contributed by atoms with van der Waals surface area (Å²) in [5.41, 5.74) is 2.11. The third kappa shape index (κ3) is 4.39. The van der Waals surface area contributed by atoms with Gasteiger partial charge in [-0.3, -0.25) is 9.48 Å². The molecule has 4 aromatic rings. The highest BCUT2D eigenvalue weighted by molar-refractivity contribution is 5.94. The number of hydrogen-bond acceptors (Lipinski definition) is 2. The van der Waals surface area contributed by atoms with Crippen molar-refractivity contribution in [2.24, 2.45) is 0 Å². The van der Waals surface area contributed by atoms with Gasteiger partial charge in [-0.05, 0) is 11.6 Å². The molecule has 0 radical (unpaired) electrons. The Kier molecular flexibility index (Phi) is 6.02. The van der Waals surface area contributed by atoms with Crippen LogP contribution in [0.15, 0.2) is 72.9 Å². The minimum absolute atomic E-state index is 0.0854. The summed E-state index contributed by atoms with van der Waals surface area (Å²) in [5, 5.41) is 7.03. The van der Waals surface area contributed by atoms with E-state index in [2.05, 4.69) is 10.4 Å². The molecule has 0 saturated carbocycles. The van der Waals surface area contributed by atoms with Gasteiger partial charge in [0.25, 0.3) is 5.91 Å². The van der Waals surface area contributed by atoms with Crippen molar-refractivity contribution >= 4 is 5.91 Å². The van der Waals surface area contributed by atoms with Crippen LogP contribution in [-0.4, -0.2) is 15.7 Å². The Hall–Kier alpha value is -3.94. The van der Waals surface area contributed by atoms with E-state index in [1.165, 1.54) is 0 Å². The minimum atomic E-state index is -2.03. The summed E-state index contributed by atoms with van der Waals surface area (Å²) < 4.78 is 55.8. The summed E-state index contributed by atoms with van der Waals surface area (Å²) in [6.45, 7) is 0.398. The normalized spacial score (nSPS) is 10.9. The van der Waals surface area contributed by atoms with E-state index in [0.717, 1.165) is 11.1 Å². The Labute approximate surface area is 181 Å². The number of halogens is 4. The number of benzene rings is 3. The first-order valence-electron chi connectivity index (χ1n) is 9.71. The van der Waals surface area contributed by atoms with Gasteiger partial charge in [0.2, 0.25) is 0 Å². The number of carbonyl (C=O) groups excluding carboxylic acids is 1. The van der Waals surface area contributed by atoms with Crippen LogP contribution in [0.1, 0.15) is 21.5 Å². The molecular formula is C24H17F4N3O. The molecule has 8 heteroatoms. The lowest BCUT2D eigenvalue weighted by atomic mass is 10.1. The zero-order valence-electron chi connectivity index (χ0n) is 16.7. The number of nitrogens with one attached hydrogen (secondary N) is 1. The Bertz CT molecular complexity index is 1260. The summed E-state index contributed by atoms with van der Waals surface area (Å²) in [6, 6.07) is 19.2. The second-order valence-corrected chi connectivity index (χ2v) is 7.08. The lowest BCUT2D eigenvalue weighted by molar-refractivity contribution is 0.0945. The molecule has 0 bridgehead atoms. The van der Waals surface area contributed by atoms with Crippen LogP contribution in [0.2, 0.25) is 0 Å². The highest BCUT2D eigenvalue weighted by Gasteiger charge is 2.23. The van der Waals surface area contributed by atoms with Gasteiger partial charge in [-0.15, -0.1) is 0 Å². The number of aromatic nitrogens is 2. The van der Waals surface area contributed by atoms with Crippen molar-refractivity contribution in [3.8, 4) is 11.3 Å². The van der Waals surface area contributed by atoms with Crippen LogP contribution in [0.4, 0.5) is 17.6 Å². The van der Waals surface area contributed by atoms with Crippen molar-refractivity contribution in [2.45, 2.75) is 13.1 Å². The van der Waals surface area contributed by atoms with E-state index < -0.39 is 34.7 Å². The highest BCUT2D eigenvalue weighted by Crippen LogP contribution is 2.23. The first-order valence-corrected chi connectivity index (χ1v) is 9.71. The van der Waals surface area contributed by atoms with Crippen molar-refractivity contribution in [3.05, 3.63) is 113 Å². The predicted octanol–water partition coefficient (Wildman–Crippen LogP) is 5.08. The smallest absolute Gasteiger partial charge is 0.254 e. The molecule has 0 aliphatic heterocycles. The lowest BCUT2D eigenvalue weighted by Crippen LogP contribution is -2.25. The minimum Gasteiger partial charge on any atom is -0.348 e. The van der Waals surface area contributed by atoms with Gasteiger partial charge in [-0.25, -0.2) is 17.6 Å². The van der Waals surface area contributed by atoms with Gasteiger partial charge in [-0.1, -0.05) is 60.7 Å². The number of nitrogens with zero attached hydrogens (tertiary/aromatic N) is 2. The molecule has 162 valence electrons. The van der Waals surface area contributed by atoms with Crippen LogP contribution < -0.4 is 5.32 Å². The molecule has 0 aliphatic rings. The molecular weight excluding hydrogens is 422 g/mol. The standard InChI is InChI=1S/C24H17F4N3O/c25-19-11-18(20(26)22(28)21(19)27)24(32)29-12-17-14-31(13-15-7-3-1-4-8-15)30-23(17)16-9-5-2-6-10-16/h1-11,14H,12-13H2,(H,29,32). The second kappa shape index (κ2) is 9.05. The van der Waals surface area contributed by atoms with Gasteiger partial charge in [0.15, 0.2) is 23.3 Å². The number of carbonyl (C=O) groups is 1. The van der Waals surface area contributed by atoms with Crippen LogP contribution in [-0.2, 0) is 13.1 Å². The van der Waals surface area contributed by atoms with E-state index in [-0.39, 0.29) is 6.54 Å². The summed E-state index contributed by atoms with van der Waals surface area (Å²) >= 11 is 0. The van der Waals surface area contributed by atoms with Crippen molar-refractivity contribution in [3.63, 3.8) is 0 Å². The molecule has 1 heterocycles. The van der Waals surface area contributed by atoms with Crippen molar-refractivity contribution in [1.29, 1.82) is 0 Å². The molecule has 0 spiro atoms. The van der Waals surface area contributed by atoms with Crippen molar-refractivity contribution in [1.82, 2.24) is 15.1 Å². The monoisotopic (exact) mass is 439 g/mol. The maximum absolute atomic E-state index is 14.0. The number of rotatable bonds is 6. The summed E-state index contributed by atoms with van der Waals surface area (Å²) in [7, 11) is 0. The molecule has 0 unspecified atom stereocenters. The van der Waals surface area contributed by atoms with E-state index in [1.807, 2.05) is 60.7 Å². The van der Waals surface area contributed by atoms with Crippen molar-refractivity contribution < 1.29 is 22.4 Å².